The first-order valence-electron chi connectivity index (χ1n) is 3.99. The van der Waals surface area contributed by atoms with Crippen molar-refractivity contribution in [3.05, 3.63) is 29.6 Å². The van der Waals surface area contributed by atoms with E-state index in [2.05, 4.69) is 4.98 Å². The third-order valence-corrected chi connectivity index (χ3v) is 1.62. The average Bonchev–Trinajstić information content (AvgIpc) is 2.03. The molecule has 1 aromatic rings. The first-order valence-corrected chi connectivity index (χ1v) is 3.99. The summed E-state index contributed by atoms with van der Waals surface area (Å²) in [5.74, 6) is -0.426. The predicted octanol–water partition coefficient (Wildman–Crippen LogP) is 0.242. The fourth-order valence-electron chi connectivity index (χ4n) is 1.09. The monoisotopic (exact) mass is 179 g/mol. The largest absolute Gasteiger partial charge is 0.366 e. The van der Waals surface area contributed by atoms with Gasteiger partial charge in [0.15, 0.2) is 0 Å². The maximum atomic E-state index is 11.0. The number of hydrogen-bond acceptors (Lipinski definition) is 3. The number of rotatable bonds is 3. The molecular weight excluding hydrogens is 166 g/mol. The number of carbonyl (C=O) groups excluding carboxylic acids is 1. The Hall–Kier alpha value is -1.42. The van der Waals surface area contributed by atoms with Gasteiger partial charge >= 0.3 is 0 Å². The highest BCUT2D eigenvalue weighted by Gasteiger charge is 2.08. The summed E-state index contributed by atoms with van der Waals surface area (Å²) in [4.78, 5) is 17.0. The van der Waals surface area contributed by atoms with Crippen molar-refractivity contribution in [1.29, 1.82) is 0 Å². The molecule has 1 aromatic heterocycles. The number of carbonyl (C=O) groups is 1. The number of amides is 1. The molecule has 2 N–H and O–H groups in total. The Balaban J connectivity index is 2.98. The van der Waals surface area contributed by atoms with E-state index in [1.54, 1.807) is 18.3 Å². The van der Waals surface area contributed by atoms with E-state index < -0.39 is 5.91 Å². The van der Waals surface area contributed by atoms with Crippen LogP contribution < -0.4 is 5.73 Å². The Morgan fingerprint density at radius 3 is 2.85 bits per heavy atom. The van der Waals surface area contributed by atoms with E-state index in [1.807, 2.05) is 19.0 Å². The molecule has 0 saturated carbocycles. The van der Waals surface area contributed by atoms with Gasteiger partial charge in [-0.05, 0) is 26.2 Å². The quantitative estimate of drug-likeness (QED) is 0.723. The minimum absolute atomic E-state index is 0.426. The van der Waals surface area contributed by atoms with Crippen LogP contribution in [0.1, 0.15) is 16.1 Å². The first-order chi connectivity index (χ1) is 6.11. The van der Waals surface area contributed by atoms with Crippen molar-refractivity contribution >= 4 is 5.91 Å². The second-order valence-electron chi connectivity index (χ2n) is 3.10. The lowest BCUT2D eigenvalue weighted by Gasteiger charge is -2.10. The van der Waals surface area contributed by atoms with Gasteiger partial charge in [0.05, 0.1) is 11.3 Å². The average molecular weight is 179 g/mol. The van der Waals surface area contributed by atoms with Gasteiger partial charge in [0.2, 0.25) is 0 Å². The zero-order valence-electron chi connectivity index (χ0n) is 7.82. The van der Waals surface area contributed by atoms with Gasteiger partial charge < -0.3 is 10.6 Å². The van der Waals surface area contributed by atoms with E-state index in [1.165, 1.54) is 0 Å². The Morgan fingerprint density at radius 2 is 2.31 bits per heavy atom. The molecule has 0 bridgehead atoms. The molecule has 0 aromatic carbocycles. The summed E-state index contributed by atoms with van der Waals surface area (Å²) >= 11 is 0. The molecule has 0 fully saturated rings. The maximum Gasteiger partial charge on any atom is 0.250 e. The molecule has 0 aliphatic heterocycles. The first kappa shape index (κ1) is 9.67. The minimum atomic E-state index is -0.426. The molecule has 4 heteroatoms. The smallest absolute Gasteiger partial charge is 0.250 e. The molecule has 0 saturated heterocycles. The SMILES string of the molecule is CN(C)Cc1ncccc1C(N)=O. The zero-order chi connectivity index (χ0) is 9.84. The van der Waals surface area contributed by atoms with Crippen LogP contribution in [0.3, 0.4) is 0 Å². The normalized spacial score (nSPS) is 10.4. The second kappa shape index (κ2) is 4.00. The number of primary amides is 1. The van der Waals surface area contributed by atoms with Crippen LogP contribution in [-0.4, -0.2) is 29.9 Å². The molecule has 0 spiro atoms. The molecule has 0 unspecified atom stereocenters. The van der Waals surface area contributed by atoms with Gasteiger partial charge in [0, 0.05) is 12.7 Å². The number of nitrogens with two attached hydrogens (primary N) is 1. The van der Waals surface area contributed by atoms with Crippen LogP contribution in [0.25, 0.3) is 0 Å². The molecule has 0 atom stereocenters. The lowest BCUT2D eigenvalue weighted by Crippen LogP contribution is -2.19. The number of hydrogen-bond donors (Lipinski definition) is 1. The number of nitrogens with zero attached hydrogens (tertiary/aromatic N) is 2. The topological polar surface area (TPSA) is 59.2 Å². The van der Waals surface area contributed by atoms with Crippen LogP contribution in [0.4, 0.5) is 0 Å². The molecule has 0 radical (unpaired) electrons. The zero-order valence-corrected chi connectivity index (χ0v) is 7.82. The summed E-state index contributed by atoms with van der Waals surface area (Å²) in [5, 5.41) is 0. The van der Waals surface area contributed by atoms with Crippen LogP contribution in [0.2, 0.25) is 0 Å². The summed E-state index contributed by atoms with van der Waals surface area (Å²) in [6.07, 6.45) is 1.66. The van der Waals surface area contributed by atoms with Crippen LogP contribution in [-0.2, 0) is 6.54 Å². The highest BCUT2D eigenvalue weighted by Crippen LogP contribution is 2.05. The van der Waals surface area contributed by atoms with E-state index in [0.29, 0.717) is 12.1 Å². The maximum absolute atomic E-state index is 11.0. The summed E-state index contributed by atoms with van der Waals surface area (Å²) < 4.78 is 0. The van der Waals surface area contributed by atoms with Crippen molar-refractivity contribution < 1.29 is 4.79 Å². The molecule has 1 heterocycles. The fraction of sp³-hybridized carbons (Fsp3) is 0.333. The molecule has 13 heavy (non-hydrogen) atoms. The van der Waals surface area contributed by atoms with E-state index >= 15 is 0 Å². The Morgan fingerprint density at radius 1 is 1.62 bits per heavy atom. The highest BCUT2D eigenvalue weighted by molar-refractivity contribution is 5.93. The lowest BCUT2D eigenvalue weighted by atomic mass is 10.2. The van der Waals surface area contributed by atoms with Gasteiger partial charge in [-0.1, -0.05) is 0 Å². The summed E-state index contributed by atoms with van der Waals surface area (Å²) in [7, 11) is 3.83. The van der Waals surface area contributed by atoms with Crippen LogP contribution >= 0.6 is 0 Å². The minimum Gasteiger partial charge on any atom is -0.366 e. The van der Waals surface area contributed by atoms with Gasteiger partial charge in [-0.3, -0.25) is 9.78 Å². The lowest BCUT2D eigenvalue weighted by molar-refractivity contribution is 0.0998. The highest BCUT2D eigenvalue weighted by atomic mass is 16.1. The summed E-state index contributed by atoms with van der Waals surface area (Å²) in [6.45, 7) is 0.624. The van der Waals surface area contributed by atoms with Crippen LogP contribution in [0.5, 0.6) is 0 Å². The Kier molecular flexibility index (Phi) is 2.97. The van der Waals surface area contributed by atoms with Crippen molar-refractivity contribution in [2.45, 2.75) is 6.54 Å². The van der Waals surface area contributed by atoms with Crippen molar-refractivity contribution in [1.82, 2.24) is 9.88 Å². The van der Waals surface area contributed by atoms with E-state index in [0.717, 1.165) is 5.69 Å². The van der Waals surface area contributed by atoms with Gasteiger partial charge in [0.1, 0.15) is 0 Å². The predicted molar refractivity (Wildman–Crippen MR) is 50.1 cm³/mol. The van der Waals surface area contributed by atoms with Crippen LogP contribution in [0.15, 0.2) is 18.3 Å². The Labute approximate surface area is 77.4 Å². The second-order valence-corrected chi connectivity index (χ2v) is 3.10. The summed E-state index contributed by atoms with van der Waals surface area (Å²) in [6, 6.07) is 3.40. The Bertz CT molecular complexity index is 309. The molecule has 0 aliphatic rings. The standard InChI is InChI=1S/C9H13N3O/c1-12(2)6-8-7(9(10)13)4-3-5-11-8/h3-5H,6H2,1-2H3,(H2,10,13). The molecule has 70 valence electrons. The molecule has 1 rings (SSSR count). The molecule has 4 nitrogen and oxygen atoms in total. The third-order valence-electron chi connectivity index (χ3n) is 1.62. The van der Waals surface area contributed by atoms with E-state index in [9.17, 15) is 4.79 Å². The van der Waals surface area contributed by atoms with Gasteiger partial charge in [-0.25, -0.2) is 0 Å². The van der Waals surface area contributed by atoms with E-state index in [-0.39, 0.29) is 0 Å². The van der Waals surface area contributed by atoms with Gasteiger partial charge in [-0.15, -0.1) is 0 Å². The van der Waals surface area contributed by atoms with Crippen molar-refractivity contribution in [3.63, 3.8) is 0 Å². The molecular formula is C9H13N3O. The number of aromatic nitrogens is 1. The molecule has 1 amide bonds. The fourth-order valence-corrected chi connectivity index (χ4v) is 1.09. The van der Waals surface area contributed by atoms with Crippen molar-refractivity contribution in [2.75, 3.05) is 14.1 Å². The van der Waals surface area contributed by atoms with Gasteiger partial charge in [-0.2, -0.15) is 0 Å². The third kappa shape index (κ3) is 2.52. The van der Waals surface area contributed by atoms with E-state index in [4.69, 9.17) is 5.73 Å². The van der Waals surface area contributed by atoms with Gasteiger partial charge in [0.25, 0.3) is 5.91 Å². The van der Waals surface area contributed by atoms with Crippen molar-refractivity contribution in [2.24, 2.45) is 5.73 Å². The molecule has 0 aliphatic carbocycles. The van der Waals surface area contributed by atoms with Crippen LogP contribution in [0, 0.1) is 0 Å². The van der Waals surface area contributed by atoms with Crippen molar-refractivity contribution in [3.8, 4) is 0 Å². The number of pyridine rings is 1. The summed E-state index contributed by atoms with van der Waals surface area (Å²) in [5.41, 5.74) is 6.41.